The Hall–Kier alpha value is -3.30. The van der Waals surface area contributed by atoms with Crippen LogP contribution >= 0.6 is 12.2 Å². The van der Waals surface area contributed by atoms with Crippen molar-refractivity contribution in [3.63, 3.8) is 0 Å². The normalized spacial score (nSPS) is 15.4. The van der Waals surface area contributed by atoms with Crippen molar-refractivity contribution >= 4 is 34.8 Å². The van der Waals surface area contributed by atoms with Gasteiger partial charge in [0.05, 0.1) is 23.3 Å². The molecule has 1 fully saturated rings. The van der Waals surface area contributed by atoms with Gasteiger partial charge < -0.3 is 5.73 Å². The average Bonchev–Trinajstić information content (AvgIpc) is 3.15. The Morgan fingerprint density at radius 1 is 1.12 bits per heavy atom. The second kappa shape index (κ2) is 8.57. The number of rotatable bonds is 5. The van der Waals surface area contributed by atoms with Crippen molar-refractivity contribution in [1.82, 2.24) is 23.6 Å². The second-order valence-electron chi connectivity index (χ2n) is 8.53. The molecule has 5 rings (SSSR count). The molecule has 2 aromatic carbocycles. The van der Waals surface area contributed by atoms with Crippen molar-refractivity contribution in [2.75, 3.05) is 13.1 Å². The van der Waals surface area contributed by atoms with Gasteiger partial charge in [-0.2, -0.15) is 0 Å². The minimum absolute atomic E-state index is 0.0736. The van der Waals surface area contributed by atoms with Crippen molar-refractivity contribution in [3.8, 4) is 5.69 Å². The molecule has 9 heteroatoms. The first-order valence-electron chi connectivity index (χ1n) is 11.2. The predicted molar refractivity (Wildman–Crippen MR) is 130 cm³/mol. The first kappa shape index (κ1) is 21.5. The van der Waals surface area contributed by atoms with Crippen LogP contribution < -0.4 is 11.3 Å². The molecular formula is C24H26N6O2S. The Balaban J connectivity index is 1.64. The number of benzene rings is 2. The molecular weight excluding hydrogens is 436 g/mol. The Kier molecular flexibility index (Phi) is 5.59. The van der Waals surface area contributed by atoms with Crippen molar-refractivity contribution in [2.24, 2.45) is 11.7 Å². The Morgan fingerprint density at radius 3 is 2.48 bits per heavy atom. The standard InChI is InChI=1S/C24H26N6O2S/c1-2-16-7-9-18(10-8-16)29-22(32)19-5-3-4-6-20(19)30-23(29)26-28(24(30)33)15-27-13-11-17(12-14-27)21(25)31/h3-10,17H,2,11-15H2,1H3,(H2,25,31). The average molecular weight is 463 g/mol. The zero-order valence-electron chi connectivity index (χ0n) is 18.5. The third kappa shape index (κ3) is 3.77. The molecule has 170 valence electrons. The summed E-state index contributed by atoms with van der Waals surface area (Å²) in [6, 6.07) is 15.4. The van der Waals surface area contributed by atoms with Crippen LogP contribution in [0.15, 0.2) is 53.3 Å². The fourth-order valence-corrected chi connectivity index (χ4v) is 4.85. The van der Waals surface area contributed by atoms with Crippen LogP contribution in [0, 0.1) is 10.7 Å². The molecule has 0 radical (unpaired) electrons. The molecule has 0 unspecified atom stereocenters. The van der Waals surface area contributed by atoms with Crippen LogP contribution in [-0.2, 0) is 17.9 Å². The fraction of sp³-hybridized carbons (Fsp3) is 0.333. The highest BCUT2D eigenvalue weighted by molar-refractivity contribution is 7.71. The summed E-state index contributed by atoms with van der Waals surface area (Å²) in [5.74, 6) is 0.180. The number of carbonyl (C=O) groups is 1. The maximum atomic E-state index is 13.5. The third-order valence-corrected chi connectivity index (χ3v) is 6.92. The number of amides is 1. The molecule has 33 heavy (non-hydrogen) atoms. The van der Waals surface area contributed by atoms with E-state index in [-0.39, 0.29) is 17.4 Å². The summed E-state index contributed by atoms with van der Waals surface area (Å²) in [6.07, 6.45) is 2.38. The topological polar surface area (TPSA) is 90.6 Å². The number of aryl methyl sites for hydroxylation is 1. The van der Waals surface area contributed by atoms with Gasteiger partial charge in [0.25, 0.3) is 5.56 Å². The molecule has 1 amide bonds. The Bertz CT molecular complexity index is 1460. The lowest BCUT2D eigenvalue weighted by Crippen LogP contribution is -2.39. The highest BCUT2D eigenvalue weighted by Gasteiger charge is 2.24. The summed E-state index contributed by atoms with van der Waals surface area (Å²) >= 11 is 5.83. The minimum atomic E-state index is -0.233. The predicted octanol–water partition coefficient (Wildman–Crippen LogP) is 2.89. The number of fused-ring (bicyclic) bond motifs is 3. The lowest BCUT2D eigenvalue weighted by molar-refractivity contribution is -0.123. The molecule has 3 heterocycles. The highest BCUT2D eigenvalue weighted by atomic mass is 32.1. The van der Waals surface area contributed by atoms with E-state index in [0.717, 1.165) is 43.6 Å². The lowest BCUT2D eigenvalue weighted by Gasteiger charge is -2.29. The van der Waals surface area contributed by atoms with Crippen molar-refractivity contribution in [3.05, 3.63) is 69.2 Å². The van der Waals surface area contributed by atoms with Gasteiger partial charge in [-0.3, -0.25) is 18.9 Å². The number of hydrogen-bond donors (Lipinski definition) is 1. The molecule has 2 aromatic heterocycles. The second-order valence-corrected chi connectivity index (χ2v) is 8.90. The number of carbonyl (C=O) groups excluding carboxylic acids is 1. The SMILES string of the molecule is CCc1ccc(-n2c(=O)c3ccccc3n3c(=S)n(CN4CCC(C(N)=O)CC4)nc23)cc1. The summed E-state index contributed by atoms with van der Waals surface area (Å²) in [4.78, 5) is 27.2. The molecule has 0 saturated carbocycles. The molecule has 2 N–H and O–H groups in total. The summed E-state index contributed by atoms with van der Waals surface area (Å²) < 4.78 is 5.79. The molecule has 4 aromatic rings. The van der Waals surface area contributed by atoms with E-state index in [1.165, 1.54) is 5.56 Å². The number of hydrogen-bond acceptors (Lipinski definition) is 5. The highest BCUT2D eigenvalue weighted by Crippen LogP contribution is 2.20. The van der Waals surface area contributed by atoms with Crippen LogP contribution in [0.1, 0.15) is 25.3 Å². The number of nitrogens with zero attached hydrogens (tertiary/aromatic N) is 5. The zero-order chi connectivity index (χ0) is 23.1. The van der Waals surface area contributed by atoms with E-state index < -0.39 is 0 Å². The van der Waals surface area contributed by atoms with Gasteiger partial charge in [-0.1, -0.05) is 31.2 Å². The van der Waals surface area contributed by atoms with Crippen LogP contribution in [0.3, 0.4) is 0 Å². The van der Waals surface area contributed by atoms with E-state index in [2.05, 4.69) is 11.8 Å². The monoisotopic (exact) mass is 462 g/mol. The van der Waals surface area contributed by atoms with E-state index in [1.807, 2.05) is 52.9 Å². The van der Waals surface area contributed by atoms with Crippen LogP contribution in [0.2, 0.25) is 0 Å². The Labute approximate surface area is 195 Å². The van der Waals surface area contributed by atoms with E-state index in [1.54, 1.807) is 9.25 Å². The van der Waals surface area contributed by atoms with Crippen molar-refractivity contribution < 1.29 is 4.79 Å². The van der Waals surface area contributed by atoms with Crippen LogP contribution in [-0.4, -0.2) is 42.6 Å². The molecule has 1 aliphatic heterocycles. The maximum Gasteiger partial charge on any atom is 0.267 e. The van der Waals surface area contributed by atoms with Gasteiger partial charge in [0.2, 0.25) is 16.5 Å². The number of nitrogens with two attached hydrogens (primary N) is 1. The van der Waals surface area contributed by atoms with Gasteiger partial charge in [0.15, 0.2) is 0 Å². The van der Waals surface area contributed by atoms with Gasteiger partial charge in [0.1, 0.15) is 0 Å². The van der Waals surface area contributed by atoms with E-state index in [0.29, 0.717) is 22.6 Å². The van der Waals surface area contributed by atoms with Crippen LogP contribution in [0.25, 0.3) is 22.4 Å². The maximum absolute atomic E-state index is 13.5. The van der Waals surface area contributed by atoms with E-state index in [9.17, 15) is 9.59 Å². The minimum Gasteiger partial charge on any atom is -0.369 e. The fourth-order valence-electron chi connectivity index (χ4n) is 4.57. The number of para-hydroxylation sites is 1. The molecule has 0 aliphatic carbocycles. The summed E-state index contributed by atoms with van der Waals surface area (Å²) in [7, 11) is 0. The first-order chi connectivity index (χ1) is 16.0. The zero-order valence-corrected chi connectivity index (χ0v) is 19.3. The van der Waals surface area contributed by atoms with E-state index in [4.69, 9.17) is 23.1 Å². The summed E-state index contributed by atoms with van der Waals surface area (Å²) in [5, 5.41) is 5.38. The van der Waals surface area contributed by atoms with Crippen LogP contribution in [0.5, 0.6) is 0 Å². The first-order valence-corrected chi connectivity index (χ1v) is 11.6. The van der Waals surface area contributed by atoms with Crippen molar-refractivity contribution in [2.45, 2.75) is 32.9 Å². The van der Waals surface area contributed by atoms with Gasteiger partial charge in [-0.15, -0.1) is 5.10 Å². The summed E-state index contributed by atoms with van der Waals surface area (Å²) in [6.45, 7) is 4.08. The summed E-state index contributed by atoms with van der Waals surface area (Å²) in [5.41, 5.74) is 8.03. The van der Waals surface area contributed by atoms with Gasteiger partial charge in [-0.05, 0) is 61.3 Å². The largest absolute Gasteiger partial charge is 0.369 e. The number of likely N-dealkylation sites (tertiary alicyclic amines) is 1. The van der Waals surface area contributed by atoms with Crippen LogP contribution in [0.4, 0.5) is 0 Å². The quantitative estimate of drug-likeness (QED) is 0.461. The number of piperidine rings is 1. The molecule has 0 bridgehead atoms. The molecule has 1 aliphatic rings. The van der Waals surface area contributed by atoms with Gasteiger partial charge >= 0.3 is 0 Å². The van der Waals surface area contributed by atoms with Gasteiger partial charge in [0, 0.05) is 19.0 Å². The number of primary amides is 1. The molecule has 1 saturated heterocycles. The van der Waals surface area contributed by atoms with Crippen molar-refractivity contribution in [1.29, 1.82) is 0 Å². The smallest absolute Gasteiger partial charge is 0.267 e. The molecule has 8 nitrogen and oxygen atoms in total. The van der Waals surface area contributed by atoms with Gasteiger partial charge in [-0.25, -0.2) is 9.25 Å². The third-order valence-electron chi connectivity index (χ3n) is 6.53. The Morgan fingerprint density at radius 2 is 1.82 bits per heavy atom. The van der Waals surface area contributed by atoms with E-state index >= 15 is 0 Å². The molecule has 0 atom stereocenters. The molecule has 0 spiro atoms. The lowest BCUT2D eigenvalue weighted by atomic mass is 9.97. The number of aromatic nitrogens is 4.